The van der Waals surface area contributed by atoms with E-state index in [0.717, 1.165) is 29.6 Å². The number of thiophene rings is 1. The first-order chi connectivity index (χ1) is 15.1. The van der Waals surface area contributed by atoms with Gasteiger partial charge in [-0.25, -0.2) is 4.39 Å². The van der Waals surface area contributed by atoms with Crippen LogP contribution in [0.4, 0.5) is 4.39 Å². The third-order valence-corrected chi connectivity index (χ3v) is 6.83. The van der Waals surface area contributed by atoms with E-state index in [1.54, 1.807) is 11.3 Å². The first-order valence-corrected chi connectivity index (χ1v) is 11.6. The third-order valence-electron chi connectivity index (χ3n) is 5.84. The van der Waals surface area contributed by atoms with Crippen molar-refractivity contribution < 1.29 is 9.18 Å². The molecule has 4 aromatic rings. The van der Waals surface area contributed by atoms with Crippen molar-refractivity contribution in [2.75, 3.05) is 13.1 Å². The van der Waals surface area contributed by atoms with Gasteiger partial charge in [0.2, 0.25) is 5.91 Å². The Morgan fingerprint density at radius 3 is 2.45 bits per heavy atom. The van der Waals surface area contributed by atoms with Gasteiger partial charge in [-0.05, 0) is 54.6 Å². The summed E-state index contributed by atoms with van der Waals surface area (Å²) >= 11 is 1.70. The van der Waals surface area contributed by atoms with Gasteiger partial charge in [0.15, 0.2) is 0 Å². The van der Waals surface area contributed by atoms with Crippen molar-refractivity contribution >= 4 is 28.1 Å². The molecule has 5 heteroatoms. The van der Waals surface area contributed by atoms with Crippen LogP contribution >= 0.6 is 11.3 Å². The van der Waals surface area contributed by atoms with Gasteiger partial charge in [-0.3, -0.25) is 4.79 Å². The molecule has 2 aromatic heterocycles. The zero-order valence-electron chi connectivity index (χ0n) is 17.9. The van der Waals surface area contributed by atoms with E-state index < -0.39 is 0 Å². The maximum Gasteiger partial charge on any atom is 0.223 e. The summed E-state index contributed by atoms with van der Waals surface area (Å²) in [5, 5.41) is 3.23. The molecule has 0 bridgehead atoms. The van der Waals surface area contributed by atoms with Crippen LogP contribution in [0.15, 0.2) is 72.2 Å². The second-order valence-electron chi connectivity index (χ2n) is 7.69. The number of rotatable bonds is 8. The molecule has 0 saturated carbocycles. The van der Waals surface area contributed by atoms with Crippen LogP contribution in [0.2, 0.25) is 0 Å². The number of benzene rings is 2. The largest absolute Gasteiger partial charge is 0.343 e. The van der Waals surface area contributed by atoms with Crippen molar-refractivity contribution in [3.8, 4) is 0 Å². The number of aromatic nitrogens is 1. The Bertz CT molecular complexity index is 1140. The van der Waals surface area contributed by atoms with Gasteiger partial charge in [0, 0.05) is 53.9 Å². The van der Waals surface area contributed by atoms with E-state index >= 15 is 0 Å². The first kappa shape index (κ1) is 21.3. The molecule has 160 valence electrons. The number of hydrogen-bond acceptors (Lipinski definition) is 2. The summed E-state index contributed by atoms with van der Waals surface area (Å²) in [6.07, 6.45) is 2.63. The number of halogens is 1. The van der Waals surface area contributed by atoms with Gasteiger partial charge >= 0.3 is 0 Å². The molecule has 0 saturated heterocycles. The van der Waals surface area contributed by atoms with Gasteiger partial charge in [0.05, 0.1) is 0 Å². The molecule has 0 unspecified atom stereocenters. The molecule has 3 nitrogen and oxygen atoms in total. The Morgan fingerprint density at radius 1 is 1.03 bits per heavy atom. The lowest BCUT2D eigenvalue weighted by molar-refractivity contribution is -0.131. The molecular formula is C26H27FN2OS. The van der Waals surface area contributed by atoms with E-state index in [9.17, 15) is 9.18 Å². The summed E-state index contributed by atoms with van der Waals surface area (Å²) in [4.78, 5) is 16.1. The van der Waals surface area contributed by atoms with Crippen LogP contribution in [0.1, 0.15) is 42.2 Å². The van der Waals surface area contributed by atoms with Crippen LogP contribution in [0, 0.1) is 5.82 Å². The van der Waals surface area contributed by atoms with E-state index in [1.807, 2.05) is 49.1 Å². The highest BCUT2D eigenvalue weighted by molar-refractivity contribution is 7.10. The molecule has 4 rings (SSSR count). The smallest absolute Gasteiger partial charge is 0.223 e. The summed E-state index contributed by atoms with van der Waals surface area (Å²) in [5.74, 6) is -0.0410. The second-order valence-corrected chi connectivity index (χ2v) is 8.67. The molecule has 0 aliphatic rings. The average Bonchev–Trinajstić information content (AvgIpc) is 3.44. The SMILES string of the molecule is CCN(CC)C(=O)C[C@H](c1cccs1)c1cn(Cc2ccc(F)cc2)c2ccccc12. The lowest BCUT2D eigenvalue weighted by Crippen LogP contribution is -2.31. The van der Waals surface area contributed by atoms with Crippen molar-refractivity contribution in [2.24, 2.45) is 0 Å². The molecular weight excluding hydrogens is 407 g/mol. The molecule has 0 radical (unpaired) electrons. The number of fused-ring (bicyclic) bond motifs is 1. The molecule has 1 amide bonds. The van der Waals surface area contributed by atoms with Gasteiger partial charge in [-0.1, -0.05) is 36.4 Å². The van der Waals surface area contributed by atoms with Crippen LogP contribution in [-0.4, -0.2) is 28.5 Å². The highest BCUT2D eigenvalue weighted by Crippen LogP contribution is 2.37. The lowest BCUT2D eigenvalue weighted by Gasteiger charge is -2.22. The Hall–Kier alpha value is -2.92. The van der Waals surface area contributed by atoms with E-state index in [2.05, 4.69) is 34.3 Å². The molecule has 0 aliphatic heterocycles. The first-order valence-electron chi connectivity index (χ1n) is 10.7. The lowest BCUT2D eigenvalue weighted by atomic mass is 9.93. The van der Waals surface area contributed by atoms with E-state index in [1.165, 1.54) is 22.6 Å². The number of nitrogens with zero attached hydrogens (tertiary/aromatic N) is 2. The van der Waals surface area contributed by atoms with Gasteiger partial charge in [0.1, 0.15) is 5.82 Å². The molecule has 0 fully saturated rings. The minimum Gasteiger partial charge on any atom is -0.343 e. The molecule has 0 aliphatic carbocycles. The van der Waals surface area contributed by atoms with E-state index in [0.29, 0.717) is 13.0 Å². The monoisotopic (exact) mass is 434 g/mol. The van der Waals surface area contributed by atoms with Crippen LogP contribution < -0.4 is 0 Å². The number of para-hydroxylation sites is 1. The standard InChI is InChI=1S/C26H27FN2OS/c1-3-28(4-2)26(30)16-22(25-10-7-15-31-25)23-18-29(24-9-6-5-8-21(23)24)17-19-11-13-20(27)14-12-19/h5-15,18,22H,3-4,16-17H2,1-2H3/t22-/m0/s1. The number of carbonyl (C=O) groups is 1. The van der Waals surface area contributed by atoms with Gasteiger partial charge in [-0.2, -0.15) is 0 Å². The summed E-state index contributed by atoms with van der Waals surface area (Å²) in [6, 6.07) is 19.1. The fraction of sp³-hybridized carbons (Fsp3) is 0.269. The van der Waals surface area contributed by atoms with Crippen molar-refractivity contribution in [1.82, 2.24) is 9.47 Å². The van der Waals surface area contributed by atoms with Crippen LogP contribution in [0.3, 0.4) is 0 Å². The van der Waals surface area contributed by atoms with Crippen molar-refractivity contribution in [1.29, 1.82) is 0 Å². The zero-order chi connectivity index (χ0) is 21.8. The normalized spacial score (nSPS) is 12.2. The van der Waals surface area contributed by atoms with Crippen LogP contribution in [0.25, 0.3) is 10.9 Å². The van der Waals surface area contributed by atoms with E-state index in [-0.39, 0.29) is 17.6 Å². The predicted octanol–water partition coefficient (Wildman–Crippen LogP) is 6.28. The maximum absolute atomic E-state index is 13.3. The zero-order valence-corrected chi connectivity index (χ0v) is 18.7. The van der Waals surface area contributed by atoms with Crippen molar-refractivity contribution in [2.45, 2.75) is 32.7 Å². The third kappa shape index (κ3) is 4.57. The molecule has 0 N–H and O–H groups in total. The Balaban J connectivity index is 1.76. The summed E-state index contributed by atoms with van der Waals surface area (Å²) < 4.78 is 15.6. The highest BCUT2D eigenvalue weighted by atomic mass is 32.1. The Morgan fingerprint density at radius 2 is 1.77 bits per heavy atom. The van der Waals surface area contributed by atoms with Gasteiger partial charge in [0.25, 0.3) is 0 Å². The fourth-order valence-corrected chi connectivity index (χ4v) is 5.05. The van der Waals surface area contributed by atoms with Gasteiger partial charge < -0.3 is 9.47 Å². The fourth-order valence-electron chi connectivity index (χ4n) is 4.20. The van der Waals surface area contributed by atoms with Crippen LogP contribution in [-0.2, 0) is 11.3 Å². The minimum absolute atomic E-state index is 0.00691. The topological polar surface area (TPSA) is 25.2 Å². The van der Waals surface area contributed by atoms with Crippen molar-refractivity contribution in [3.05, 3.63) is 94.1 Å². The number of amides is 1. The molecule has 2 heterocycles. The second kappa shape index (κ2) is 9.48. The Labute approximate surface area is 186 Å². The summed E-state index contributed by atoms with van der Waals surface area (Å²) in [7, 11) is 0. The molecule has 1 atom stereocenters. The molecule has 31 heavy (non-hydrogen) atoms. The average molecular weight is 435 g/mol. The predicted molar refractivity (Wildman–Crippen MR) is 126 cm³/mol. The summed E-state index contributed by atoms with van der Waals surface area (Å²) in [6.45, 7) is 6.14. The quantitative estimate of drug-likeness (QED) is 0.320. The number of carbonyl (C=O) groups excluding carboxylic acids is 1. The molecule has 2 aromatic carbocycles. The summed E-state index contributed by atoms with van der Waals surface area (Å²) in [5.41, 5.74) is 3.33. The number of hydrogen-bond donors (Lipinski definition) is 0. The highest BCUT2D eigenvalue weighted by Gasteiger charge is 2.25. The van der Waals surface area contributed by atoms with Gasteiger partial charge in [-0.15, -0.1) is 11.3 Å². The Kier molecular flexibility index (Phi) is 6.52. The van der Waals surface area contributed by atoms with Crippen LogP contribution in [0.5, 0.6) is 0 Å². The minimum atomic E-state index is -0.227. The maximum atomic E-state index is 13.3. The molecule has 0 spiro atoms. The van der Waals surface area contributed by atoms with E-state index in [4.69, 9.17) is 0 Å². The van der Waals surface area contributed by atoms with Crippen molar-refractivity contribution in [3.63, 3.8) is 0 Å².